The Morgan fingerprint density at radius 2 is 1.45 bits per heavy atom. The topological polar surface area (TPSA) is 69.7 Å². The maximum absolute atomic E-state index is 12.5. The molecular weight excluding hydrogens is 368 g/mol. The standard InChI is InChI=1S/C24H40O5/c1-3-6-19-10-14-22(15-11-19)29-24(27)21-12-8-20(9-13-21)7-4-5-16-28-23(26)17-18(2)25/h19-22H,3-17H2,1-2H3/t19-,20-,21-,22-. The molecule has 0 unspecified atom stereocenters. The third kappa shape index (κ3) is 9.31. The van der Waals surface area contributed by atoms with Crippen molar-refractivity contribution in [3.63, 3.8) is 0 Å². The molecule has 0 aromatic carbocycles. The van der Waals surface area contributed by atoms with E-state index in [4.69, 9.17) is 9.47 Å². The van der Waals surface area contributed by atoms with E-state index in [1.807, 2.05) is 0 Å². The van der Waals surface area contributed by atoms with E-state index in [-0.39, 0.29) is 30.2 Å². The number of esters is 2. The van der Waals surface area contributed by atoms with E-state index in [0.29, 0.717) is 12.5 Å². The summed E-state index contributed by atoms with van der Waals surface area (Å²) in [6, 6.07) is 0. The molecule has 5 heteroatoms. The molecule has 0 N–H and O–H groups in total. The molecule has 0 spiro atoms. The van der Waals surface area contributed by atoms with Crippen molar-refractivity contribution in [2.75, 3.05) is 6.61 Å². The highest BCUT2D eigenvalue weighted by Crippen LogP contribution is 2.34. The minimum atomic E-state index is -0.421. The summed E-state index contributed by atoms with van der Waals surface area (Å²) in [5.41, 5.74) is 0. The molecule has 29 heavy (non-hydrogen) atoms. The van der Waals surface area contributed by atoms with Gasteiger partial charge in [-0.25, -0.2) is 0 Å². The Hall–Kier alpha value is -1.39. The monoisotopic (exact) mass is 408 g/mol. The van der Waals surface area contributed by atoms with Gasteiger partial charge in [0.15, 0.2) is 0 Å². The van der Waals surface area contributed by atoms with Gasteiger partial charge in [0.2, 0.25) is 0 Å². The number of rotatable bonds is 11. The SMILES string of the molecule is CCC[C@H]1CC[C@H](OC(=O)[C@H]2CC[C@H](CCCCOC(=O)CC(C)=O)CC2)CC1. The van der Waals surface area contributed by atoms with Crippen molar-refractivity contribution in [3.8, 4) is 0 Å². The van der Waals surface area contributed by atoms with Gasteiger partial charge in [-0.05, 0) is 83.0 Å². The summed E-state index contributed by atoms with van der Waals surface area (Å²) in [4.78, 5) is 34.7. The molecule has 0 radical (unpaired) electrons. The lowest BCUT2D eigenvalue weighted by atomic mass is 9.79. The second-order valence-electron chi connectivity index (χ2n) is 9.18. The zero-order valence-electron chi connectivity index (χ0n) is 18.5. The van der Waals surface area contributed by atoms with E-state index in [9.17, 15) is 14.4 Å². The van der Waals surface area contributed by atoms with Crippen LogP contribution in [0, 0.1) is 17.8 Å². The Morgan fingerprint density at radius 3 is 2.07 bits per heavy atom. The van der Waals surface area contributed by atoms with Gasteiger partial charge in [0.05, 0.1) is 12.5 Å². The van der Waals surface area contributed by atoms with Gasteiger partial charge in [0, 0.05) is 0 Å². The van der Waals surface area contributed by atoms with E-state index < -0.39 is 5.97 Å². The summed E-state index contributed by atoms with van der Waals surface area (Å²) in [7, 11) is 0. The maximum Gasteiger partial charge on any atom is 0.313 e. The third-order valence-electron chi connectivity index (χ3n) is 6.62. The molecule has 0 heterocycles. The molecule has 2 fully saturated rings. The van der Waals surface area contributed by atoms with Crippen LogP contribution in [-0.2, 0) is 23.9 Å². The van der Waals surface area contributed by atoms with Gasteiger partial charge in [0.25, 0.3) is 0 Å². The number of Topliss-reactive ketones (excluding diaryl/α,β-unsaturated/α-hetero) is 1. The first-order valence-electron chi connectivity index (χ1n) is 11.8. The molecule has 2 aliphatic rings. The van der Waals surface area contributed by atoms with E-state index in [0.717, 1.165) is 63.7 Å². The first kappa shape index (κ1) is 23.9. The fourth-order valence-corrected chi connectivity index (χ4v) is 4.87. The van der Waals surface area contributed by atoms with Gasteiger partial charge in [-0.15, -0.1) is 0 Å². The first-order chi connectivity index (χ1) is 14.0. The Bertz CT molecular complexity index is 513. The van der Waals surface area contributed by atoms with Crippen molar-refractivity contribution in [1.82, 2.24) is 0 Å². The van der Waals surface area contributed by atoms with Gasteiger partial charge in [0.1, 0.15) is 18.3 Å². The van der Waals surface area contributed by atoms with Crippen LogP contribution in [0.1, 0.15) is 104 Å². The van der Waals surface area contributed by atoms with E-state index in [2.05, 4.69) is 6.92 Å². The zero-order chi connectivity index (χ0) is 21.1. The van der Waals surface area contributed by atoms with E-state index in [1.54, 1.807) is 0 Å². The molecule has 166 valence electrons. The minimum absolute atomic E-state index is 0.0415. The number of ketones is 1. The fourth-order valence-electron chi connectivity index (χ4n) is 4.87. The Kier molecular flexibility index (Phi) is 10.7. The molecule has 0 aliphatic heterocycles. The van der Waals surface area contributed by atoms with Crippen molar-refractivity contribution in [1.29, 1.82) is 0 Å². The molecule has 0 atom stereocenters. The molecule has 2 aliphatic carbocycles. The molecule has 0 amide bonds. The van der Waals surface area contributed by atoms with Crippen LogP contribution in [0.5, 0.6) is 0 Å². The zero-order valence-corrected chi connectivity index (χ0v) is 18.5. The van der Waals surface area contributed by atoms with Crippen LogP contribution in [-0.4, -0.2) is 30.4 Å². The quantitative estimate of drug-likeness (QED) is 0.260. The molecule has 0 aromatic heterocycles. The summed E-state index contributed by atoms with van der Waals surface area (Å²) in [5, 5.41) is 0. The van der Waals surface area contributed by atoms with Gasteiger partial charge >= 0.3 is 11.9 Å². The average molecular weight is 409 g/mol. The summed E-state index contributed by atoms with van der Waals surface area (Å²) < 4.78 is 10.9. The van der Waals surface area contributed by atoms with Gasteiger partial charge in [-0.3, -0.25) is 14.4 Å². The lowest BCUT2D eigenvalue weighted by Gasteiger charge is -2.31. The second kappa shape index (κ2) is 13.0. The molecule has 0 bridgehead atoms. The minimum Gasteiger partial charge on any atom is -0.465 e. The fraction of sp³-hybridized carbons (Fsp3) is 0.875. The van der Waals surface area contributed by atoms with Gasteiger partial charge in [-0.1, -0.05) is 26.2 Å². The van der Waals surface area contributed by atoms with Crippen molar-refractivity contribution in [3.05, 3.63) is 0 Å². The van der Waals surface area contributed by atoms with Crippen molar-refractivity contribution in [2.45, 2.75) is 110 Å². The predicted molar refractivity (Wildman–Crippen MR) is 112 cm³/mol. The van der Waals surface area contributed by atoms with Crippen molar-refractivity contribution < 1.29 is 23.9 Å². The molecule has 5 nitrogen and oxygen atoms in total. The highest BCUT2D eigenvalue weighted by atomic mass is 16.5. The highest BCUT2D eigenvalue weighted by Gasteiger charge is 2.30. The number of hydrogen-bond acceptors (Lipinski definition) is 5. The first-order valence-corrected chi connectivity index (χ1v) is 11.8. The number of carbonyl (C=O) groups is 3. The van der Waals surface area contributed by atoms with Crippen molar-refractivity contribution in [2.24, 2.45) is 17.8 Å². The number of unbranched alkanes of at least 4 members (excludes halogenated alkanes) is 1. The molecule has 0 aromatic rings. The Morgan fingerprint density at radius 1 is 0.828 bits per heavy atom. The highest BCUT2D eigenvalue weighted by molar-refractivity contribution is 5.94. The van der Waals surface area contributed by atoms with E-state index >= 15 is 0 Å². The Labute approximate surface area is 176 Å². The van der Waals surface area contributed by atoms with Crippen molar-refractivity contribution >= 4 is 17.7 Å². The molecule has 2 saturated carbocycles. The molecular formula is C24H40O5. The number of ether oxygens (including phenoxy) is 2. The smallest absolute Gasteiger partial charge is 0.313 e. The van der Waals surface area contributed by atoms with Gasteiger partial charge in [-0.2, -0.15) is 0 Å². The second-order valence-corrected chi connectivity index (χ2v) is 9.18. The Balaban J connectivity index is 1.53. The molecule has 0 saturated heterocycles. The van der Waals surface area contributed by atoms with Gasteiger partial charge < -0.3 is 9.47 Å². The van der Waals surface area contributed by atoms with Crippen LogP contribution in [0.2, 0.25) is 0 Å². The summed E-state index contributed by atoms with van der Waals surface area (Å²) in [6.45, 7) is 4.04. The van der Waals surface area contributed by atoms with E-state index in [1.165, 1.54) is 32.6 Å². The maximum atomic E-state index is 12.5. The predicted octanol–water partition coefficient (Wildman–Crippen LogP) is 5.39. The summed E-state index contributed by atoms with van der Waals surface area (Å²) >= 11 is 0. The number of hydrogen-bond donors (Lipinski definition) is 0. The lowest BCUT2D eigenvalue weighted by Crippen LogP contribution is -2.30. The lowest BCUT2D eigenvalue weighted by molar-refractivity contribution is -0.157. The van der Waals surface area contributed by atoms with Crippen LogP contribution < -0.4 is 0 Å². The largest absolute Gasteiger partial charge is 0.465 e. The van der Waals surface area contributed by atoms with Crippen LogP contribution in [0.4, 0.5) is 0 Å². The van der Waals surface area contributed by atoms with Crippen LogP contribution in [0.3, 0.4) is 0 Å². The van der Waals surface area contributed by atoms with Crippen LogP contribution in [0.25, 0.3) is 0 Å². The van der Waals surface area contributed by atoms with Crippen LogP contribution >= 0.6 is 0 Å². The summed E-state index contributed by atoms with van der Waals surface area (Å²) in [6.07, 6.45) is 14.2. The normalized spacial score (nSPS) is 27.2. The third-order valence-corrected chi connectivity index (χ3v) is 6.62. The molecule has 2 rings (SSSR count). The summed E-state index contributed by atoms with van der Waals surface area (Å²) in [5.74, 6) is 1.05. The number of carbonyl (C=O) groups excluding carboxylic acids is 3. The van der Waals surface area contributed by atoms with Crippen LogP contribution in [0.15, 0.2) is 0 Å². The average Bonchev–Trinajstić information content (AvgIpc) is 2.69.